The van der Waals surface area contributed by atoms with Crippen molar-refractivity contribution in [2.75, 3.05) is 7.11 Å². The van der Waals surface area contributed by atoms with Crippen LogP contribution in [0, 0.1) is 5.92 Å². The molecule has 0 N–H and O–H groups in total. The predicted octanol–water partition coefficient (Wildman–Crippen LogP) is 4.52. The normalized spacial score (nSPS) is 11.5. The third-order valence-electron chi connectivity index (χ3n) is 5.46. The molecule has 0 saturated carbocycles. The highest BCUT2D eigenvalue weighted by molar-refractivity contribution is 7.98. The van der Waals surface area contributed by atoms with Crippen LogP contribution in [-0.4, -0.2) is 31.2 Å². The molecule has 184 valence electrons. The maximum atomic E-state index is 13.2. The Kier molecular flexibility index (Phi) is 7.71. The Morgan fingerprint density at radius 3 is 2.69 bits per heavy atom. The second-order valence-electron chi connectivity index (χ2n) is 8.70. The van der Waals surface area contributed by atoms with Gasteiger partial charge in [-0.05, 0) is 24.5 Å². The Balaban J connectivity index is 1.74. The highest BCUT2D eigenvalue weighted by Crippen LogP contribution is 2.31. The average Bonchev–Trinajstić information content (AvgIpc) is 3.32. The molecule has 0 radical (unpaired) electrons. The molecule has 8 nitrogen and oxygen atoms in total. The average molecular weight is 512 g/mol. The summed E-state index contributed by atoms with van der Waals surface area (Å²) in [4.78, 5) is 40.2. The molecule has 4 aromatic rings. The summed E-state index contributed by atoms with van der Waals surface area (Å²) < 4.78 is 8.07. The minimum absolute atomic E-state index is 0.340. The molecule has 0 saturated heterocycles. The molecule has 0 aliphatic heterocycles. The van der Waals surface area contributed by atoms with Gasteiger partial charge in [-0.2, -0.15) is 0 Å². The number of thiazole rings is 1. The van der Waals surface area contributed by atoms with Crippen molar-refractivity contribution < 1.29 is 4.74 Å². The number of hydrogen-bond donors (Lipinski definition) is 0. The molecular formula is C25H29N5O3S2. The first-order chi connectivity index (χ1) is 16.8. The van der Waals surface area contributed by atoms with E-state index >= 15 is 0 Å². The lowest BCUT2D eigenvalue weighted by atomic mass is 10.1. The van der Waals surface area contributed by atoms with E-state index in [0.29, 0.717) is 46.5 Å². The molecule has 0 aliphatic rings. The largest absolute Gasteiger partial charge is 0.497 e. The number of nitrogens with zero attached hydrogens (tertiary/aromatic N) is 5. The van der Waals surface area contributed by atoms with Crippen LogP contribution < -0.4 is 16.0 Å². The van der Waals surface area contributed by atoms with E-state index in [1.807, 2.05) is 36.6 Å². The molecule has 0 amide bonds. The molecule has 3 heterocycles. The Labute approximate surface area is 212 Å². The van der Waals surface area contributed by atoms with Crippen LogP contribution in [0.15, 0.2) is 44.3 Å². The fraction of sp³-hybridized carbons (Fsp3) is 0.400. The van der Waals surface area contributed by atoms with Gasteiger partial charge in [0.2, 0.25) is 0 Å². The molecule has 0 aliphatic carbocycles. The zero-order valence-corrected chi connectivity index (χ0v) is 22.2. The third-order valence-corrected chi connectivity index (χ3v) is 7.41. The van der Waals surface area contributed by atoms with Crippen molar-refractivity contribution in [2.45, 2.75) is 50.9 Å². The molecule has 0 atom stereocenters. The van der Waals surface area contributed by atoms with Crippen molar-refractivity contribution in [3.63, 3.8) is 0 Å². The molecule has 0 unspecified atom stereocenters. The van der Waals surface area contributed by atoms with E-state index in [0.717, 1.165) is 33.0 Å². The van der Waals surface area contributed by atoms with Gasteiger partial charge >= 0.3 is 5.69 Å². The van der Waals surface area contributed by atoms with Crippen LogP contribution >= 0.6 is 23.1 Å². The van der Waals surface area contributed by atoms with Crippen LogP contribution in [0.1, 0.15) is 38.7 Å². The molecular weight excluding hydrogens is 482 g/mol. The van der Waals surface area contributed by atoms with Gasteiger partial charge in [0.05, 0.1) is 12.8 Å². The summed E-state index contributed by atoms with van der Waals surface area (Å²) in [5.74, 6) is 2.31. The number of ether oxygens (including phenoxy) is 1. The standard InChI is InChI=1S/C25H29N5O3S2/c1-6-10-30-21-20(24(31)29(4)25(30)32)23(28-19(27-21)11-15(2)3)35-14-17-13-34-22(26-17)16-8-7-9-18(12-16)33-5/h7-9,12-13,15H,6,10-11,14H2,1-5H3. The molecule has 10 heteroatoms. The van der Waals surface area contributed by atoms with E-state index < -0.39 is 0 Å². The Bertz CT molecular complexity index is 1470. The fourth-order valence-corrected chi connectivity index (χ4v) is 5.62. The number of thioether (sulfide) groups is 1. The predicted molar refractivity (Wildman–Crippen MR) is 142 cm³/mol. The minimum Gasteiger partial charge on any atom is -0.497 e. The summed E-state index contributed by atoms with van der Waals surface area (Å²) in [6.45, 7) is 6.68. The van der Waals surface area contributed by atoms with E-state index in [1.165, 1.54) is 18.8 Å². The number of methoxy groups -OCH3 is 1. The molecule has 4 rings (SSSR count). The maximum Gasteiger partial charge on any atom is 0.332 e. The van der Waals surface area contributed by atoms with Gasteiger partial charge in [0, 0.05) is 36.7 Å². The van der Waals surface area contributed by atoms with E-state index in [-0.39, 0.29) is 11.2 Å². The van der Waals surface area contributed by atoms with E-state index in [2.05, 4.69) is 18.8 Å². The van der Waals surface area contributed by atoms with Crippen molar-refractivity contribution in [1.29, 1.82) is 0 Å². The van der Waals surface area contributed by atoms with Crippen molar-refractivity contribution in [3.8, 4) is 16.3 Å². The molecule has 0 spiro atoms. The Morgan fingerprint density at radius 1 is 1.17 bits per heavy atom. The van der Waals surface area contributed by atoms with E-state index in [1.54, 1.807) is 23.0 Å². The second-order valence-corrected chi connectivity index (χ2v) is 10.5. The summed E-state index contributed by atoms with van der Waals surface area (Å²) in [6.07, 6.45) is 1.42. The zero-order valence-electron chi connectivity index (χ0n) is 20.6. The third kappa shape index (κ3) is 5.33. The van der Waals surface area contributed by atoms with Gasteiger partial charge in [-0.15, -0.1) is 11.3 Å². The van der Waals surface area contributed by atoms with Crippen LogP contribution in [0.3, 0.4) is 0 Å². The number of aryl methyl sites for hydroxylation is 1. The lowest BCUT2D eigenvalue weighted by molar-refractivity contribution is 0.415. The van der Waals surface area contributed by atoms with Crippen molar-refractivity contribution in [1.82, 2.24) is 24.1 Å². The van der Waals surface area contributed by atoms with Gasteiger partial charge in [0.1, 0.15) is 27.0 Å². The minimum atomic E-state index is -0.369. The zero-order chi connectivity index (χ0) is 25.1. The molecule has 3 aromatic heterocycles. The molecule has 0 fully saturated rings. The number of benzene rings is 1. The lowest BCUT2D eigenvalue weighted by Gasteiger charge is -2.14. The van der Waals surface area contributed by atoms with Crippen LogP contribution in [0.2, 0.25) is 0 Å². The maximum absolute atomic E-state index is 13.2. The number of fused-ring (bicyclic) bond motifs is 1. The summed E-state index contributed by atoms with van der Waals surface area (Å²) in [6, 6.07) is 7.81. The molecule has 1 aromatic carbocycles. The van der Waals surface area contributed by atoms with Gasteiger partial charge in [-0.1, -0.05) is 44.7 Å². The van der Waals surface area contributed by atoms with Gasteiger partial charge in [-0.25, -0.2) is 19.7 Å². The summed E-state index contributed by atoms with van der Waals surface area (Å²) in [7, 11) is 3.15. The van der Waals surface area contributed by atoms with Crippen molar-refractivity contribution >= 4 is 34.1 Å². The van der Waals surface area contributed by atoms with Gasteiger partial charge in [0.15, 0.2) is 5.65 Å². The summed E-state index contributed by atoms with van der Waals surface area (Å²) >= 11 is 3.02. The monoisotopic (exact) mass is 511 g/mol. The number of aromatic nitrogens is 5. The molecule has 35 heavy (non-hydrogen) atoms. The highest BCUT2D eigenvalue weighted by atomic mass is 32.2. The Morgan fingerprint density at radius 2 is 1.97 bits per heavy atom. The lowest BCUT2D eigenvalue weighted by Crippen LogP contribution is -2.39. The van der Waals surface area contributed by atoms with E-state index in [9.17, 15) is 9.59 Å². The summed E-state index contributed by atoms with van der Waals surface area (Å²) in [5.41, 5.74) is 1.59. The van der Waals surface area contributed by atoms with Crippen molar-refractivity contribution in [2.24, 2.45) is 13.0 Å². The smallest absolute Gasteiger partial charge is 0.332 e. The fourth-order valence-electron chi connectivity index (χ4n) is 3.77. The van der Waals surface area contributed by atoms with E-state index in [4.69, 9.17) is 14.7 Å². The SMILES string of the molecule is CCCn1c(=O)n(C)c(=O)c2c(SCc3csc(-c4cccc(OC)c4)n3)nc(CC(C)C)nc21. The first kappa shape index (κ1) is 25.1. The van der Waals surface area contributed by atoms with Gasteiger partial charge in [0.25, 0.3) is 5.56 Å². The second kappa shape index (κ2) is 10.7. The van der Waals surface area contributed by atoms with Gasteiger partial charge < -0.3 is 4.74 Å². The highest BCUT2D eigenvalue weighted by Gasteiger charge is 2.19. The quantitative estimate of drug-likeness (QED) is 0.241. The molecule has 0 bridgehead atoms. The van der Waals surface area contributed by atoms with Crippen LogP contribution in [0.25, 0.3) is 21.6 Å². The van der Waals surface area contributed by atoms with Crippen LogP contribution in [-0.2, 0) is 25.8 Å². The Hall–Kier alpha value is -2.98. The van der Waals surface area contributed by atoms with Crippen molar-refractivity contribution in [3.05, 3.63) is 62.0 Å². The van der Waals surface area contributed by atoms with Crippen LogP contribution in [0.5, 0.6) is 5.75 Å². The first-order valence-corrected chi connectivity index (χ1v) is 13.4. The first-order valence-electron chi connectivity index (χ1n) is 11.5. The van der Waals surface area contributed by atoms with Crippen LogP contribution in [0.4, 0.5) is 0 Å². The summed E-state index contributed by atoms with van der Waals surface area (Å²) in [5, 5.41) is 3.90. The number of hydrogen-bond acceptors (Lipinski definition) is 8. The van der Waals surface area contributed by atoms with Gasteiger partial charge in [-0.3, -0.25) is 13.9 Å². The number of rotatable bonds is 9. The topological polar surface area (TPSA) is 91.9 Å².